The summed E-state index contributed by atoms with van der Waals surface area (Å²) >= 11 is 2.82. The van der Waals surface area contributed by atoms with E-state index in [-0.39, 0.29) is 11.7 Å². The molecule has 0 saturated carbocycles. The van der Waals surface area contributed by atoms with Gasteiger partial charge in [0.2, 0.25) is 0 Å². The van der Waals surface area contributed by atoms with Crippen LogP contribution in [0, 0.1) is 0 Å². The lowest BCUT2D eigenvalue weighted by molar-refractivity contribution is 0.102. The van der Waals surface area contributed by atoms with E-state index < -0.39 is 0 Å². The maximum absolute atomic E-state index is 12.0. The molecule has 2 aromatic heterocycles. The fourth-order valence-corrected chi connectivity index (χ4v) is 3.21. The van der Waals surface area contributed by atoms with Crippen LogP contribution in [0.15, 0.2) is 40.4 Å². The molecule has 1 aromatic carbocycles. The van der Waals surface area contributed by atoms with E-state index in [1.807, 2.05) is 10.8 Å². The molecule has 3 aromatic rings. The SMILES string of the molecule is COc1cc(-c2csc(NC(=O)c3ccsc3)n2)ccc1O. The maximum atomic E-state index is 12.0. The van der Waals surface area contributed by atoms with Crippen LogP contribution >= 0.6 is 22.7 Å². The summed E-state index contributed by atoms with van der Waals surface area (Å²) in [5.41, 5.74) is 2.14. The molecule has 0 bridgehead atoms. The number of rotatable bonds is 4. The number of carbonyl (C=O) groups is 1. The minimum Gasteiger partial charge on any atom is -0.504 e. The van der Waals surface area contributed by atoms with Crippen molar-refractivity contribution in [1.29, 1.82) is 0 Å². The number of hydrogen-bond acceptors (Lipinski definition) is 6. The number of carbonyl (C=O) groups excluding carboxylic acids is 1. The number of phenolic OH excluding ortho intramolecular Hbond substituents is 1. The van der Waals surface area contributed by atoms with E-state index in [4.69, 9.17) is 4.74 Å². The Morgan fingerprint density at radius 1 is 1.32 bits per heavy atom. The van der Waals surface area contributed by atoms with Crippen molar-refractivity contribution in [3.63, 3.8) is 0 Å². The van der Waals surface area contributed by atoms with E-state index in [1.54, 1.807) is 29.6 Å². The number of amides is 1. The van der Waals surface area contributed by atoms with Crippen molar-refractivity contribution in [2.75, 3.05) is 12.4 Å². The molecule has 2 heterocycles. The molecule has 3 rings (SSSR count). The lowest BCUT2D eigenvalue weighted by Crippen LogP contribution is -2.10. The molecule has 7 heteroatoms. The molecule has 0 aliphatic carbocycles. The van der Waals surface area contributed by atoms with E-state index in [0.29, 0.717) is 22.1 Å². The molecule has 0 aliphatic heterocycles. The predicted octanol–water partition coefficient (Wildman–Crippen LogP) is 3.84. The van der Waals surface area contributed by atoms with Crippen LogP contribution in [0.3, 0.4) is 0 Å². The lowest BCUT2D eigenvalue weighted by Gasteiger charge is -2.04. The first-order valence-electron chi connectivity index (χ1n) is 6.34. The number of nitrogens with one attached hydrogen (secondary N) is 1. The Hall–Kier alpha value is -2.38. The molecule has 112 valence electrons. The van der Waals surface area contributed by atoms with E-state index >= 15 is 0 Å². The van der Waals surface area contributed by atoms with Gasteiger partial charge < -0.3 is 9.84 Å². The van der Waals surface area contributed by atoms with Gasteiger partial charge in [-0.2, -0.15) is 11.3 Å². The number of aromatic hydroxyl groups is 1. The van der Waals surface area contributed by atoms with Crippen molar-refractivity contribution < 1.29 is 14.6 Å². The Balaban J connectivity index is 1.80. The Kier molecular flexibility index (Phi) is 4.08. The molecule has 22 heavy (non-hydrogen) atoms. The van der Waals surface area contributed by atoms with E-state index in [9.17, 15) is 9.90 Å². The summed E-state index contributed by atoms with van der Waals surface area (Å²) in [5, 5.41) is 18.4. The highest BCUT2D eigenvalue weighted by molar-refractivity contribution is 7.14. The Morgan fingerprint density at radius 3 is 2.91 bits per heavy atom. The molecule has 0 atom stereocenters. The number of phenols is 1. The average Bonchev–Trinajstić information content (AvgIpc) is 3.19. The van der Waals surface area contributed by atoms with Crippen molar-refractivity contribution in [2.45, 2.75) is 0 Å². The van der Waals surface area contributed by atoms with Crippen LogP contribution in [-0.2, 0) is 0 Å². The van der Waals surface area contributed by atoms with Crippen LogP contribution in [0.1, 0.15) is 10.4 Å². The van der Waals surface area contributed by atoms with Gasteiger partial charge in [0.05, 0.1) is 18.4 Å². The van der Waals surface area contributed by atoms with Crippen LogP contribution in [-0.4, -0.2) is 23.1 Å². The summed E-state index contributed by atoms with van der Waals surface area (Å²) < 4.78 is 5.08. The molecule has 0 unspecified atom stereocenters. The first-order chi connectivity index (χ1) is 10.7. The molecule has 1 amide bonds. The number of ether oxygens (including phenoxy) is 1. The van der Waals surface area contributed by atoms with Gasteiger partial charge in [0.25, 0.3) is 5.91 Å². The van der Waals surface area contributed by atoms with Crippen molar-refractivity contribution >= 4 is 33.7 Å². The van der Waals surface area contributed by atoms with Gasteiger partial charge in [0, 0.05) is 16.3 Å². The number of thiazole rings is 1. The second kappa shape index (κ2) is 6.17. The van der Waals surface area contributed by atoms with Gasteiger partial charge in [0.1, 0.15) is 0 Å². The summed E-state index contributed by atoms with van der Waals surface area (Å²) in [6, 6.07) is 6.77. The molecular weight excluding hydrogens is 320 g/mol. The molecular formula is C15H12N2O3S2. The number of hydrogen-bond donors (Lipinski definition) is 2. The van der Waals surface area contributed by atoms with E-state index in [0.717, 1.165) is 5.56 Å². The van der Waals surface area contributed by atoms with E-state index in [2.05, 4.69) is 10.3 Å². The highest BCUT2D eigenvalue weighted by Gasteiger charge is 2.11. The van der Waals surface area contributed by atoms with Gasteiger partial charge in [-0.1, -0.05) is 0 Å². The van der Waals surface area contributed by atoms with E-state index in [1.165, 1.54) is 29.8 Å². The molecule has 2 N–H and O–H groups in total. The third-order valence-electron chi connectivity index (χ3n) is 2.98. The van der Waals surface area contributed by atoms with Gasteiger partial charge in [-0.3, -0.25) is 10.1 Å². The fraction of sp³-hybridized carbons (Fsp3) is 0.0667. The third kappa shape index (κ3) is 2.95. The number of benzene rings is 1. The quantitative estimate of drug-likeness (QED) is 0.761. The average molecular weight is 332 g/mol. The number of methoxy groups -OCH3 is 1. The molecule has 5 nitrogen and oxygen atoms in total. The van der Waals surface area contributed by atoms with Gasteiger partial charge in [0.15, 0.2) is 16.6 Å². The maximum Gasteiger partial charge on any atom is 0.258 e. The zero-order valence-electron chi connectivity index (χ0n) is 11.6. The summed E-state index contributed by atoms with van der Waals surface area (Å²) in [6.07, 6.45) is 0. The predicted molar refractivity (Wildman–Crippen MR) is 88.0 cm³/mol. The zero-order valence-corrected chi connectivity index (χ0v) is 13.2. The van der Waals surface area contributed by atoms with Gasteiger partial charge >= 0.3 is 0 Å². The van der Waals surface area contributed by atoms with Gasteiger partial charge in [-0.05, 0) is 29.6 Å². The van der Waals surface area contributed by atoms with Crippen LogP contribution in [0.25, 0.3) is 11.3 Å². The lowest BCUT2D eigenvalue weighted by atomic mass is 10.1. The van der Waals surface area contributed by atoms with Crippen molar-refractivity contribution in [3.8, 4) is 22.8 Å². The minimum absolute atomic E-state index is 0.0764. The molecule has 0 fully saturated rings. The second-order valence-electron chi connectivity index (χ2n) is 4.39. The Labute approximate surface area is 134 Å². The van der Waals surface area contributed by atoms with Crippen molar-refractivity contribution in [1.82, 2.24) is 4.98 Å². The smallest absolute Gasteiger partial charge is 0.258 e. The molecule has 0 spiro atoms. The molecule has 0 radical (unpaired) electrons. The number of nitrogens with zero attached hydrogens (tertiary/aromatic N) is 1. The summed E-state index contributed by atoms with van der Waals surface area (Å²) in [5.74, 6) is 0.284. The largest absolute Gasteiger partial charge is 0.504 e. The third-order valence-corrected chi connectivity index (χ3v) is 4.42. The Morgan fingerprint density at radius 2 is 2.18 bits per heavy atom. The highest BCUT2D eigenvalue weighted by Crippen LogP contribution is 2.32. The van der Waals surface area contributed by atoms with Crippen LogP contribution < -0.4 is 10.1 Å². The summed E-state index contributed by atoms with van der Waals surface area (Å²) in [7, 11) is 1.49. The fourth-order valence-electron chi connectivity index (χ4n) is 1.86. The monoisotopic (exact) mass is 332 g/mol. The molecule has 0 aliphatic rings. The zero-order chi connectivity index (χ0) is 15.5. The summed E-state index contributed by atoms with van der Waals surface area (Å²) in [4.78, 5) is 16.4. The number of thiophene rings is 1. The standard InChI is InChI=1S/C15H12N2O3S2/c1-20-13-6-9(2-3-12(13)18)11-8-22-15(16-11)17-14(19)10-4-5-21-7-10/h2-8,18H,1H3,(H,16,17,19). The molecule has 0 saturated heterocycles. The first kappa shape index (κ1) is 14.6. The number of anilines is 1. The van der Waals surface area contributed by atoms with Crippen LogP contribution in [0.5, 0.6) is 11.5 Å². The first-order valence-corrected chi connectivity index (χ1v) is 8.16. The Bertz CT molecular complexity index is 797. The van der Waals surface area contributed by atoms with Crippen molar-refractivity contribution in [2.24, 2.45) is 0 Å². The second-order valence-corrected chi connectivity index (χ2v) is 6.03. The highest BCUT2D eigenvalue weighted by atomic mass is 32.1. The van der Waals surface area contributed by atoms with Crippen LogP contribution in [0.4, 0.5) is 5.13 Å². The summed E-state index contributed by atoms with van der Waals surface area (Å²) in [6.45, 7) is 0. The van der Waals surface area contributed by atoms with Crippen molar-refractivity contribution in [3.05, 3.63) is 46.0 Å². The topological polar surface area (TPSA) is 71.5 Å². The van der Waals surface area contributed by atoms with Gasteiger partial charge in [-0.25, -0.2) is 4.98 Å². The normalized spacial score (nSPS) is 10.4. The number of aromatic nitrogens is 1. The van der Waals surface area contributed by atoms with Gasteiger partial charge in [-0.15, -0.1) is 11.3 Å². The minimum atomic E-state index is -0.176. The van der Waals surface area contributed by atoms with Crippen LogP contribution in [0.2, 0.25) is 0 Å².